The quantitative estimate of drug-likeness (QED) is 0.486. The van der Waals surface area contributed by atoms with Crippen molar-refractivity contribution in [1.29, 1.82) is 0 Å². The summed E-state index contributed by atoms with van der Waals surface area (Å²) in [6.07, 6.45) is 3.77. The summed E-state index contributed by atoms with van der Waals surface area (Å²) >= 11 is 1.73. The minimum atomic E-state index is 0.623. The summed E-state index contributed by atoms with van der Waals surface area (Å²) in [7, 11) is 0. The third-order valence-corrected chi connectivity index (χ3v) is 5.21. The summed E-state index contributed by atoms with van der Waals surface area (Å²) in [6, 6.07) is 10.4. The number of thiazole rings is 1. The van der Waals surface area contributed by atoms with Crippen LogP contribution in [0.15, 0.2) is 47.7 Å². The van der Waals surface area contributed by atoms with Crippen molar-refractivity contribution in [2.75, 3.05) is 6.54 Å². The monoisotopic (exact) mass is 382 g/mol. The second-order valence-electron chi connectivity index (χ2n) is 6.32. The largest absolute Gasteiger partial charge is 0.357 e. The highest BCUT2D eigenvalue weighted by Gasteiger charge is 2.05. The maximum absolute atomic E-state index is 4.72. The molecule has 0 unspecified atom stereocenters. The smallest absolute Gasteiger partial charge is 0.191 e. The highest BCUT2D eigenvalue weighted by Crippen LogP contribution is 2.16. The van der Waals surface area contributed by atoms with Crippen LogP contribution >= 0.6 is 11.3 Å². The minimum Gasteiger partial charge on any atom is -0.357 e. The van der Waals surface area contributed by atoms with Crippen molar-refractivity contribution in [1.82, 2.24) is 25.4 Å². The van der Waals surface area contributed by atoms with Crippen LogP contribution in [-0.2, 0) is 19.6 Å². The third-order valence-electron chi connectivity index (χ3n) is 4.14. The zero-order valence-electron chi connectivity index (χ0n) is 16.1. The maximum Gasteiger partial charge on any atom is 0.191 e. The van der Waals surface area contributed by atoms with E-state index in [1.807, 2.05) is 23.9 Å². The lowest BCUT2D eigenvalue weighted by Crippen LogP contribution is -2.36. The number of aliphatic imine (C=N–C) groups is 1. The number of hydrogen-bond acceptors (Lipinski definition) is 4. The summed E-state index contributed by atoms with van der Waals surface area (Å²) in [5.41, 5.74) is 3.50. The molecule has 0 atom stereocenters. The van der Waals surface area contributed by atoms with Crippen LogP contribution in [0.1, 0.15) is 33.6 Å². The first-order valence-corrected chi connectivity index (χ1v) is 9.96. The average molecular weight is 383 g/mol. The van der Waals surface area contributed by atoms with Gasteiger partial charge in [-0.25, -0.2) is 9.98 Å². The van der Waals surface area contributed by atoms with Crippen molar-refractivity contribution in [2.45, 2.75) is 40.4 Å². The summed E-state index contributed by atoms with van der Waals surface area (Å²) in [4.78, 5) is 10.6. The van der Waals surface area contributed by atoms with Gasteiger partial charge in [-0.05, 0) is 38.0 Å². The van der Waals surface area contributed by atoms with Crippen LogP contribution in [0.4, 0.5) is 0 Å². The Hall–Kier alpha value is -2.67. The topological polar surface area (TPSA) is 67.1 Å². The van der Waals surface area contributed by atoms with E-state index in [9.17, 15) is 0 Å². The van der Waals surface area contributed by atoms with Crippen molar-refractivity contribution in [3.05, 3.63) is 69.4 Å². The molecule has 2 aromatic heterocycles. The van der Waals surface area contributed by atoms with Crippen molar-refractivity contribution in [3.8, 4) is 0 Å². The molecule has 0 radical (unpaired) electrons. The summed E-state index contributed by atoms with van der Waals surface area (Å²) in [5, 5.41) is 12.0. The second kappa shape index (κ2) is 9.32. The molecule has 0 saturated heterocycles. The Labute approximate surface area is 164 Å². The molecule has 6 nitrogen and oxygen atoms in total. The molecule has 0 aliphatic rings. The van der Waals surface area contributed by atoms with E-state index in [0.29, 0.717) is 13.1 Å². The Morgan fingerprint density at radius 2 is 2.04 bits per heavy atom. The minimum absolute atomic E-state index is 0.623. The molecule has 0 aliphatic carbocycles. The third kappa shape index (κ3) is 5.65. The molecule has 0 bridgehead atoms. The Balaban J connectivity index is 1.62. The van der Waals surface area contributed by atoms with Crippen LogP contribution in [0.25, 0.3) is 0 Å². The van der Waals surface area contributed by atoms with Crippen LogP contribution < -0.4 is 10.6 Å². The second-order valence-corrected chi connectivity index (χ2v) is 7.61. The zero-order valence-corrected chi connectivity index (χ0v) is 16.9. The molecular formula is C20H26N6S. The van der Waals surface area contributed by atoms with Crippen molar-refractivity contribution >= 4 is 17.3 Å². The van der Waals surface area contributed by atoms with E-state index in [-0.39, 0.29) is 0 Å². The first-order chi connectivity index (χ1) is 13.1. The van der Waals surface area contributed by atoms with Gasteiger partial charge < -0.3 is 10.6 Å². The zero-order chi connectivity index (χ0) is 19.1. The van der Waals surface area contributed by atoms with Crippen LogP contribution in [-0.4, -0.2) is 27.3 Å². The van der Waals surface area contributed by atoms with Crippen LogP contribution in [0.3, 0.4) is 0 Å². The number of guanidine groups is 1. The molecule has 0 spiro atoms. The van der Waals surface area contributed by atoms with E-state index >= 15 is 0 Å². The molecule has 3 rings (SSSR count). The van der Waals surface area contributed by atoms with Gasteiger partial charge in [0, 0.05) is 23.8 Å². The molecule has 27 heavy (non-hydrogen) atoms. The molecule has 142 valence electrons. The number of rotatable bonds is 7. The number of aryl methyl sites for hydroxylation is 2. The van der Waals surface area contributed by atoms with Crippen molar-refractivity contribution < 1.29 is 0 Å². The van der Waals surface area contributed by atoms with Gasteiger partial charge in [-0.15, -0.1) is 11.3 Å². The average Bonchev–Trinajstić information content (AvgIpc) is 3.28. The fourth-order valence-electron chi connectivity index (χ4n) is 2.69. The van der Waals surface area contributed by atoms with Gasteiger partial charge in [0.15, 0.2) is 5.96 Å². The highest BCUT2D eigenvalue weighted by molar-refractivity contribution is 7.11. The lowest BCUT2D eigenvalue weighted by Gasteiger charge is -2.10. The lowest BCUT2D eigenvalue weighted by molar-refractivity contribution is 0.686. The predicted octanol–water partition coefficient (Wildman–Crippen LogP) is 3.26. The van der Waals surface area contributed by atoms with Gasteiger partial charge in [-0.2, -0.15) is 5.10 Å². The van der Waals surface area contributed by atoms with Gasteiger partial charge in [0.25, 0.3) is 0 Å². The SMILES string of the molecule is CCNC(=NCc1cccc(Cn2cccn2)c1)NCc1nc(C)c(C)s1. The molecular weight excluding hydrogens is 356 g/mol. The van der Waals surface area contributed by atoms with E-state index in [1.165, 1.54) is 16.0 Å². The van der Waals surface area contributed by atoms with Gasteiger partial charge in [0.05, 0.1) is 25.3 Å². The number of aromatic nitrogens is 3. The number of nitrogens with zero attached hydrogens (tertiary/aromatic N) is 4. The van der Waals surface area contributed by atoms with Gasteiger partial charge in [0.2, 0.25) is 0 Å². The first kappa shape index (κ1) is 19.1. The van der Waals surface area contributed by atoms with Crippen LogP contribution in [0.2, 0.25) is 0 Å². The molecule has 1 aromatic carbocycles. The van der Waals surface area contributed by atoms with E-state index in [1.54, 1.807) is 17.5 Å². The van der Waals surface area contributed by atoms with E-state index in [0.717, 1.165) is 29.8 Å². The standard InChI is InChI=1S/C20H26N6S/c1-4-21-20(23-13-19-25-15(2)16(3)27-19)22-12-17-7-5-8-18(11-17)14-26-10-6-9-24-26/h5-11H,4,12-14H2,1-3H3,(H2,21,22,23). The van der Waals surface area contributed by atoms with E-state index in [4.69, 9.17) is 4.99 Å². The van der Waals surface area contributed by atoms with Gasteiger partial charge in [-0.1, -0.05) is 24.3 Å². The molecule has 0 fully saturated rings. The lowest BCUT2D eigenvalue weighted by atomic mass is 10.1. The Bertz CT molecular complexity index is 862. The molecule has 3 aromatic rings. The molecule has 0 aliphatic heterocycles. The molecule has 7 heteroatoms. The number of benzene rings is 1. The Morgan fingerprint density at radius 1 is 1.19 bits per heavy atom. The molecule has 2 heterocycles. The van der Waals surface area contributed by atoms with Crippen molar-refractivity contribution in [2.24, 2.45) is 4.99 Å². The van der Waals surface area contributed by atoms with Gasteiger partial charge in [0.1, 0.15) is 5.01 Å². The molecule has 2 N–H and O–H groups in total. The fraction of sp³-hybridized carbons (Fsp3) is 0.350. The van der Waals surface area contributed by atoms with Gasteiger partial charge in [-0.3, -0.25) is 4.68 Å². The Morgan fingerprint density at radius 3 is 2.74 bits per heavy atom. The van der Waals surface area contributed by atoms with Crippen LogP contribution in [0, 0.1) is 13.8 Å². The van der Waals surface area contributed by atoms with E-state index < -0.39 is 0 Å². The normalized spacial score (nSPS) is 11.6. The molecule has 0 amide bonds. The van der Waals surface area contributed by atoms with Gasteiger partial charge >= 0.3 is 0 Å². The van der Waals surface area contributed by atoms with E-state index in [2.05, 4.69) is 58.8 Å². The summed E-state index contributed by atoms with van der Waals surface area (Å²) < 4.78 is 1.92. The number of nitrogens with one attached hydrogen (secondary N) is 2. The number of hydrogen-bond donors (Lipinski definition) is 2. The van der Waals surface area contributed by atoms with Crippen LogP contribution in [0.5, 0.6) is 0 Å². The first-order valence-electron chi connectivity index (χ1n) is 9.14. The van der Waals surface area contributed by atoms with Crippen molar-refractivity contribution in [3.63, 3.8) is 0 Å². The molecule has 0 saturated carbocycles. The highest BCUT2D eigenvalue weighted by atomic mass is 32.1. The summed E-state index contributed by atoms with van der Waals surface area (Å²) in [6.45, 7) is 9.12. The Kier molecular flexibility index (Phi) is 6.59. The predicted molar refractivity (Wildman–Crippen MR) is 111 cm³/mol. The maximum atomic E-state index is 4.72. The fourth-order valence-corrected chi connectivity index (χ4v) is 3.57. The summed E-state index contributed by atoms with van der Waals surface area (Å²) in [5.74, 6) is 0.806.